The van der Waals surface area contributed by atoms with Gasteiger partial charge in [0.25, 0.3) is 11.8 Å². The number of amides is 2. The highest BCUT2D eigenvalue weighted by Crippen LogP contribution is 2.16. The van der Waals surface area contributed by atoms with Gasteiger partial charge in [0, 0.05) is 11.6 Å². The van der Waals surface area contributed by atoms with Crippen LogP contribution in [0.1, 0.15) is 30.0 Å². The zero-order chi connectivity index (χ0) is 16.8. The Morgan fingerprint density at radius 1 is 1.30 bits per heavy atom. The fourth-order valence-corrected chi connectivity index (χ4v) is 2.39. The number of carbonyl (C=O) groups is 3. The van der Waals surface area contributed by atoms with Crippen molar-refractivity contribution in [1.82, 2.24) is 5.32 Å². The Kier molecular flexibility index (Phi) is 5.46. The molecule has 1 aromatic carbocycles. The van der Waals surface area contributed by atoms with Gasteiger partial charge in [0.2, 0.25) is 0 Å². The first-order valence-corrected chi connectivity index (χ1v) is 7.46. The van der Waals surface area contributed by atoms with Gasteiger partial charge in [0.15, 0.2) is 0 Å². The van der Waals surface area contributed by atoms with Crippen molar-refractivity contribution in [3.05, 3.63) is 59.2 Å². The number of hydrogen-bond donors (Lipinski definition) is 1. The Morgan fingerprint density at radius 2 is 2.09 bits per heavy atom. The van der Waals surface area contributed by atoms with Gasteiger partial charge in [-0.25, -0.2) is 0 Å². The zero-order valence-corrected chi connectivity index (χ0v) is 13.1. The van der Waals surface area contributed by atoms with Crippen molar-refractivity contribution in [3.8, 4) is 0 Å². The normalized spacial score (nSPS) is 13.5. The Bertz CT molecular complexity index is 688. The smallest absolute Gasteiger partial charge is 0.310 e. The predicted octanol–water partition coefficient (Wildman–Crippen LogP) is 1.99. The van der Waals surface area contributed by atoms with Gasteiger partial charge in [-0.1, -0.05) is 31.2 Å². The minimum atomic E-state index is -0.532. The molecule has 1 heterocycles. The minimum Gasteiger partial charge on any atom is -0.461 e. The van der Waals surface area contributed by atoms with Crippen LogP contribution in [0, 0.1) is 0 Å². The molecule has 0 aromatic heterocycles. The first-order valence-electron chi connectivity index (χ1n) is 7.46. The quantitative estimate of drug-likeness (QED) is 0.475. The van der Waals surface area contributed by atoms with Gasteiger partial charge in [0.1, 0.15) is 6.61 Å². The van der Waals surface area contributed by atoms with Crippen molar-refractivity contribution in [1.29, 1.82) is 0 Å². The number of rotatable bonds is 7. The van der Waals surface area contributed by atoms with Crippen molar-refractivity contribution in [2.45, 2.75) is 32.8 Å². The van der Waals surface area contributed by atoms with E-state index in [1.807, 2.05) is 25.1 Å². The van der Waals surface area contributed by atoms with Crippen molar-refractivity contribution >= 4 is 17.8 Å². The van der Waals surface area contributed by atoms with Crippen LogP contribution in [-0.4, -0.2) is 17.8 Å². The molecule has 0 saturated heterocycles. The molecule has 1 N–H and O–H groups in total. The third kappa shape index (κ3) is 4.39. The molecule has 1 aliphatic rings. The van der Waals surface area contributed by atoms with Gasteiger partial charge in [0.05, 0.1) is 6.42 Å². The summed E-state index contributed by atoms with van der Waals surface area (Å²) in [5, 5.41) is 2.10. The molecule has 1 aromatic rings. The minimum absolute atomic E-state index is 0.136. The largest absolute Gasteiger partial charge is 0.461 e. The lowest BCUT2D eigenvalue weighted by molar-refractivity contribution is -0.144. The van der Waals surface area contributed by atoms with E-state index < -0.39 is 17.8 Å². The van der Waals surface area contributed by atoms with Crippen LogP contribution in [0.15, 0.2) is 42.5 Å². The van der Waals surface area contributed by atoms with Crippen molar-refractivity contribution in [2.24, 2.45) is 0 Å². The maximum atomic E-state index is 11.8. The Balaban J connectivity index is 1.96. The number of carbonyl (C=O) groups excluding carboxylic acids is 3. The fraction of sp³-hybridized carbons (Fsp3) is 0.278. The molecule has 0 fully saturated rings. The topological polar surface area (TPSA) is 72.5 Å². The Hall–Kier alpha value is -2.69. The molecular formula is C18H19NO4. The van der Waals surface area contributed by atoms with Gasteiger partial charge < -0.3 is 4.74 Å². The van der Waals surface area contributed by atoms with E-state index in [1.165, 1.54) is 5.56 Å². The summed E-state index contributed by atoms with van der Waals surface area (Å²) >= 11 is 0. The lowest BCUT2D eigenvalue weighted by Gasteiger charge is -2.11. The van der Waals surface area contributed by atoms with E-state index in [2.05, 4.69) is 18.0 Å². The van der Waals surface area contributed by atoms with Gasteiger partial charge >= 0.3 is 5.97 Å². The molecule has 2 amide bonds. The highest BCUT2D eigenvalue weighted by molar-refractivity contribution is 6.17. The molecule has 0 spiro atoms. The molecule has 0 aliphatic carbocycles. The summed E-state index contributed by atoms with van der Waals surface area (Å²) < 4.78 is 5.22. The first-order chi connectivity index (χ1) is 11.0. The van der Waals surface area contributed by atoms with Crippen LogP contribution in [-0.2, 0) is 38.6 Å². The average molecular weight is 313 g/mol. The molecule has 0 bridgehead atoms. The van der Waals surface area contributed by atoms with Gasteiger partial charge in [-0.2, -0.15) is 0 Å². The fourth-order valence-electron chi connectivity index (χ4n) is 2.39. The third-order valence-electron chi connectivity index (χ3n) is 3.59. The van der Waals surface area contributed by atoms with Crippen molar-refractivity contribution in [2.75, 3.05) is 0 Å². The number of nitrogens with one attached hydrogen (secondary N) is 1. The van der Waals surface area contributed by atoms with E-state index in [0.717, 1.165) is 30.0 Å². The van der Waals surface area contributed by atoms with Gasteiger partial charge in [-0.3, -0.25) is 19.7 Å². The number of imide groups is 1. The average Bonchev–Trinajstić information content (AvgIpc) is 2.83. The number of esters is 1. The summed E-state index contributed by atoms with van der Waals surface area (Å²) in [5.74, 6) is -1.56. The van der Waals surface area contributed by atoms with E-state index in [0.29, 0.717) is 0 Å². The Morgan fingerprint density at radius 3 is 2.70 bits per heavy atom. The molecule has 0 atom stereocenters. The zero-order valence-electron chi connectivity index (χ0n) is 13.1. The van der Waals surface area contributed by atoms with E-state index in [-0.39, 0.29) is 18.6 Å². The predicted molar refractivity (Wildman–Crippen MR) is 85.4 cm³/mol. The number of hydrogen-bond acceptors (Lipinski definition) is 4. The summed E-state index contributed by atoms with van der Waals surface area (Å²) in [5.41, 5.74) is 3.36. The lowest BCUT2D eigenvalue weighted by Crippen LogP contribution is -2.23. The van der Waals surface area contributed by atoms with Crippen LogP contribution in [0.2, 0.25) is 0 Å². The maximum absolute atomic E-state index is 11.8. The number of allylic oxidation sites excluding steroid dienone is 1. The molecular weight excluding hydrogens is 294 g/mol. The van der Waals surface area contributed by atoms with Crippen LogP contribution in [0.25, 0.3) is 0 Å². The Labute approximate surface area is 135 Å². The molecule has 5 nitrogen and oxygen atoms in total. The first kappa shape index (κ1) is 16.7. The second kappa shape index (κ2) is 7.54. The molecule has 23 heavy (non-hydrogen) atoms. The second-order valence-corrected chi connectivity index (χ2v) is 5.27. The van der Waals surface area contributed by atoms with Crippen LogP contribution >= 0.6 is 0 Å². The summed E-state index contributed by atoms with van der Waals surface area (Å²) in [6, 6.07) is 6.00. The van der Waals surface area contributed by atoms with E-state index in [4.69, 9.17) is 4.74 Å². The van der Waals surface area contributed by atoms with E-state index >= 15 is 0 Å². The number of ether oxygens (including phenoxy) is 1. The summed E-state index contributed by atoms with van der Waals surface area (Å²) in [4.78, 5) is 34.2. The number of benzene rings is 1. The second-order valence-electron chi connectivity index (χ2n) is 5.27. The lowest BCUT2D eigenvalue weighted by atomic mass is 10.0. The van der Waals surface area contributed by atoms with E-state index in [9.17, 15) is 14.4 Å². The molecule has 0 radical (unpaired) electrons. The summed E-state index contributed by atoms with van der Waals surface area (Å²) in [6.07, 6.45) is 4.40. The molecule has 0 unspecified atom stereocenters. The van der Waals surface area contributed by atoms with Crippen LogP contribution in [0.3, 0.4) is 0 Å². The van der Waals surface area contributed by atoms with Crippen molar-refractivity contribution in [3.63, 3.8) is 0 Å². The maximum Gasteiger partial charge on any atom is 0.310 e. The van der Waals surface area contributed by atoms with Gasteiger partial charge in [-0.15, -0.1) is 6.58 Å². The molecule has 120 valence electrons. The summed E-state index contributed by atoms with van der Waals surface area (Å²) in [7, 11) is 0. The molecule has 2 rings (SSSR count). The molecule has 0 saturated carbocycles. The molecule has 5 heteroatoms. The number of aryl methyl sites for hydroxylation is 1. The monoisotopic (exact) mass is 313 g/mol. The third-order valence-corrected chi connectivity index (χ3v) is 3.59. The highest BCUT2D eigenvalue weighted by Gasteiger charge is 2.23. The summed E-state index contributed by atoms with van der Waals surface area (Å²) in [6.45, 7) is 5.91. The SMILES string of the molecule is C=CCc1ccc(COC(=O)CC2=CC(=O)NC2=O)c(CC)c1. The standard InChI is InChI=1S/C18H19NO4/c1-3-5-12-6-7-14(13(4-2)8-12)11-23-17(21)10-15-9-16(20)19-18(15)22/h3,6-9H,1,4-5,10-11H2,2H3,(H,19,20,22). The van der Waals surface area contributed by atoms with Crippen LogP contribution < -0.4 is 5.32 Å². The van der Waals surface area contributed by atoms with Crippen LogP contribution in [0.5, 0.6) is 0 Å². The highest BCUT2D eigenvalue weighted by atomic mass is 16.5. The van der Waals surface area contributed by atoms with E-state index in [1.54, 1.807) is 0 Å². The van der Waals surface area contributed by atoms with Crippen LogP contribution in [0.4, 0.5) is 0 Å². The van der Waals surface area contributed by atoms with Crippen molar-refractivity contribution < 1.29 is 19.1 Å². The van der Waals surface area contributed by atoms with Gasteiger partial charge in [-0.05, 0) is 29.5 Å². The molecule has 1 aliphatic heterocycles.